The molecule has 0 unspecified atom stereocenters. The summed E-state index contributed by atoms with van der Waals surface area (Å²) in [5.74, 6) is 1.86. The molecular formula is C45H27N3O2. The fourth-order valence-electron chi connectivity index (χ4n) is 6.99. The molecule has 5 nitrogen and oxygen atoms in total. The maximum Gasteiger partial charge on any atom is 0.164 e. The van der Waals surface area contributed by atoms with Crippen molar-refractivity contribution in [3.05, 3.63) is 164 Å². The van der Waals surface area contributed by atoms with E-state index in [1.807, 2.05) is 91.0 Å². The lowest BCUT2D eigenvalue weighted by atomic mass is 9.90. The number of furan rings is 2. The Kier molecular flexibility index (Phi) is 6.42. The number of hydrogen-bond donors (Lipinski definition) is 0. The molecule has 0 saturated heterocycles. The van der Waals surface area contributed by atoms with Gasteiger partial charge in [0, 0.05) is 38.2 Å². The van der Waals surface area contributed by atoms with Crippen molar-refractivity contribution in [2.24, 2.45) is 0 Å². The van der Waals surface area contributed by atoms with Crippen molar-refractivity contribution >= 4 is 43.9 Å². The second-order valence-corrected chi connectivity index (χ2v) is 12.4. The Hall–Kier alpha value is -6.85. The van der Waals surface area contributed by atoms with Gasteiger partial charge in [-0.15, -0.1) is 0 Å². The van der Waals surface area contributed by atoms with E-state index in [4.69, 9.17) is 23.8 Å². The predicted octanol–water partition coefficient (Wildman–Crippen LogP) is 12.0. The van der Waals surface area contributed by atoms with E-state index in [-0.39, 0.29) is 0 Å². The predicted molar refractivity (Wildman–Crippen MR) is 202 cm³/mol. The Morgan fingerprint density at radius 2 is 0.840 bits per heavy atom. The van der Waals surface area contributed by atoms with Gasteiger partial charge in [-0.1, -0.05) is 127 Å². The monoisotopic (exact) mass is 641 g/mol. The number of nitrogens with zero attached hydrogens (tertiary/aromatic N) is 3. The first kappa shape index (κ1) is 28.2. The van der Waals surface area contributed by atoms with Crippen molar-refractivity contribution in [1.82, 2.24) is 15.0 Å². The van der Waals surface area contributed by atoms with Crippen LogP contribution in [0.1, 0.15) is 0 Å². The van der Waals surface area contributed by atoms with Crippen molar-refractivity contribution in [2.75, 3.05) is 0 Å². The van der Waals surface area contributed by atoms with Gasteiger partial charge in [-0.25, -0.2) is 15.0 Å². The highest BCUT2D eigenvalue weighted by molar-refractivity contribution is 6.14. The lowest BCUT2D eigenvalue weighted by Crippen LogP contribution is -2.00. The van der Waals surface area contributed by atoms with Gasteiger partial charge < -0.3 is 8.83 Å². The molecule has 3 aromatic heterocycles. The molecular weight excluding hydrogens is 615 g/mol. The number of para-hydroxylation sites is 2. The minimum Gasteiger partial charge on any atom is -0.456 e. The molecule has 10 rings (SSSR count). The zero-order valence-electron chi connectivity index (χ0n) is 26.7. The second-order valence-electron chi connectivity index (χ2n) is 12.4. The molecule has 0 bridgehead atoms. The number of aromatic nitrogens is 3. The minimum atomic E-state index is 0.604. The molecule has 234 valence electrons. The van der Waals surface area contributed by atoms with E-state index < -0.39 is 0 Å². The summed E-state index contributed by atoms with van der Waals surface area (Å²) in [6, 6.07) is 55.8. The quantitative estimate of drug-likeness (QED) is 0.187. The standard InChI is InChI=1S/C45H27N3O2/c1-3-12-28(13-4-1)43-46-44(29-14-5-2-6-15-29)48-45(47-43)31-22-24-32(34-18-11-21-41-42(34)35-17-8-10-20-39(35)50-41)36(27-31)30-23-25-40-37(26-30)33-16-7-9-19-38(33)49-40/h1-27H. The molecule has 5 heteroatoms. The van der Waals surface area contributed by atoms with Crippen LogP contribution >= 0.6 is 0 Å². The molecule has 0 atom stereocenters. The Bertz CT molecular complexity index is 2810. The van der Waals surface area contributed by atoms with Crippen LogP contribution in [0.4, 0.5) is 0 Å². The van der Waals surface area contributed by atoms with Gasteiger partial charge in [0.25, 0.3) is 0 Å². The minimum absolute atomic E-state index is 0.604. The van der Waals surface area contributed by atoms with Gasteiger partial charge in [-0.2, -0.15) is 0 Å². The number of hydrogen-bond acceptors (Lipinski definition) is 5. The van der Waals surface area contributed by atoms with Crippen molar-refractivity contribution in [3.63, 3.8) is 0 Å². The first-order chi connectivity index (χ1) is 24.8. The maximum atomic E-state index is 6.32. The molecule has 0 N–H and O–H groups in total. The van der Waals surface area contributed by atoms with Crippen LogP contribution in [0.3, 0.4) is 0 Å². The third kappa shape index (κ3) is 4.67. The van der Waals surface area contributed by atoms with Gasteiger partial charge in [0.05, 0.1) is 0 Å². The van der Waals surface area contributed by atoms with Crippen molar-refractivity contribution in [1.29, 1.82) is 0 Å². The van der Waals surface area contributed by atoms with E-state index in [0.29, 0.717) is 17.5 Å². The first-order valence-electron chi connectivity index (χ1n) is 16.6. The summed E-state index contributed by atoms with van der Waals surface area (Å²) in [5, 5.41) is 4.33. The third-order valence-electron chi connectivity index (χ3n) is 9.36. The zero-order chi connectivity index (χ0) is 33.0. The van der Waals surface area contributed by atoms with Crippen LogP contribution in [0, 0.1) is 0 Å². The molecule has 0 radical (unpaired) electrons. The van der Waals surface area contributed by atoms with Crippen LogP contribution in [0.5, 0.6) is 0 Å². The normalized spacial score (nSPS) is 11.6. The number of fused-ring (bicyclic) bond motifs is 6. The van der Waals surface area contributed by atoms with Crippen molar-refractivity contribution < 1.29 is 8.83 Å². The van der Waals surface area contributed by atoms with Crippen molar-refractivity contribution in [2.45, 2.75) is 0 Å². The Labute approximate surface area is 287 Å². The average molecular weight is 642 g/mol. The van der Waals surface area contributed by atoms with Gasteiger partial charge in [0.2, 0.25) is 0 Å². The van der Waals surface area contributed by atoms with E-state index in [9.17, 15) is 0 Å². The smallest absolute Gasteiger partial charge is 0.164 e. The summed E-state index contributed by atoms with van der Waals surface area (Å²) in [5.41, 5.74) is 10.5. The summed E-state index contributed by atoms with van der Waals surface area (Å²) in [6.07, 6.45) is 0. The van der Waals surface area contributed by atoms with Gasteiger partial charge in [-0.3, -0.25) is 0 Å². The third-order valence-corrected chi connectivity index (χ3v) is 9.36. The SMILES string of the molecule is c1ccc(-c2nc(-c3ccccc3)nc(-c3ccc(-c4cccc5oc6ccccc6c45)c(-c4ccc5oc6ccccc6c5c4)c3)n2)cc1. The summed E-state index contributed by atoms with van der Waals surface area (Å²) >= 11 is 0. The van der Waals surface area contributed by atoms with E-state index in [1.54, 1.807) is 0 Å². The fraction of sp³-hybridized carbons (Fsp3) is 0. The summed E-state index contributed by atoms with van der Waals surface area (Å²) in [7, 11) is 0. The lowest BCUT2D eigenvalue weighted by molar-refractivity contribution is 0.668. The van der Waals surface area contributed by atoms with Crippen LogP contribution < -0.4 is 0 Å². The molecule has 0 spiro atoms. The highest BCUT2D eigenvalue weighted by atomic mass is 16.3. The van der Waals surface area contributed by atoms with E-state index in [0.717, 1.165) is 82.8 Å². The molecule has 0 aliphatic rings. The second kappa shape index (κ2) is 11.4. The highest BCUT2D eigenvalue weighted by Gasteiger charge is 2.19. The van der Waals surface area contributed by atoms with Gasteiger partial charge in [0.15, 0.2) is 17.5 Å². The molecule has 0 aliphatic heterocycles. The summed E-state index contributed by atoms with van der Waals surface area (Å²) < 4.78 is 12.5. The summed E-state index contributed by atoms with van der Waals surface area (Å²) in [4.78, 5) is 15.0. The molecule has 0 saturated carbocycles. The molecule has 50 heavy (non-hydrogen) atoms. The Morgan fingerprint density at radius 1 is 0.300 bits per heavy atom. The van der Waals surface area contributed by atoms with E-state index in [1.165, 1.54) is 0 Å². The molecule has 0 aliphatic carbocycles. The van der Waals surface area contributed by atoms with Crippen LogP contribution in [0.2, 0.25) is 0 Å². The Morgan fingerprint density at radius 3 is 1.56 bits per heavy atom. The van der Waals surface area contributed by atoms with E-state index in [2.05, 4.69) is 72.8 Å². The topological polar surface area (TPSA) is 65.0 Å². The van der Waals surface area contributed by atoms with Crippen LogP contribution in [-0.2, 0) is 0 Å². The molecule has 10 aromatic rings. The van der Waals surface area contributed by atoms with Crippen molar-refractivity contribution in [3.8, 4) is 56.4 Å². The van der Waals surface area contributed by atoms with Gasteiger partial charge in [-0.05, 0) is 58.7 Å². The van der Waals surface area contributed by atoms with Gasteiger partial charge in [0.1, 0.15) is 22.3 Å². The lowest BCUT2D eigenvalue weighted by Gasteiger charge is -2.15. The highest BCUT2D eigenvalue weighted by Crippen LogP contribution is 2.43. The van der Waals surface area contributed by atoms with E-state index >= 15 is 0 Å². The first-order valence-corrected chi connectivity index (χ1v) is 16.6. The van der Waals surface area contributed by atoms with Gasteiger partial charge >= 0.3 is 0 Å². The molecule has 3 heterocycles. The average Bonchev–Trinajstić information content (AvgIpc) is 3.76. The number of rotatable bonds is 5. The maximum absolute atomic E-state index is 6.32. The van der Waals surface area contributed by atoms with Crippen LogP contribution in [-0.4, -0.2) is 15.0 Å². The molecule has 7 aromatic carbocycles. The number of benzene rings is 7. The molecule has 0 amide bonds. The van der Waals surface area contributed by atoms with Crippen LogP contribution in [0.25, 0.3) is 100 Å². The summed E-state index contributed by atoms with van der Waals surface area (Å²) in [6.45, 7) is 0. The Balaban J connectivity index is 1.24. The zero-order valence-corrected chi connectivity index (χ0v) is 26.7. The fourth-order valence-corrected chi connectivity index (χ4v) is 6.99. The van der Waals surface area contributed by atoms with Crippen LogP contribution in [0.15, 0.2) is 173 Å². The largest absolute Gasteiger partial charge is 0.456 e. The molecule has 0 fully saturated rings.